The van der Waals surface area contributed by atoms with Crippen molar-refractivity contribution in [2.75, 3.05) is 18.8 Å². The lowest BCUT2D eigenvalue weighted by Crippen LogP contribution is -2.28. The van der Waals surface area contributed by atoms with Crippen molar-refractivity contribution in [3.63, 3.8) is 0 Å². The molecule has 4 rings (SSSR count). The van der Waals surface area contributed by atoms with Crippen LogP contribution in [0.4, 0.5) is 5.82 Å². The molecule has 0 spiro atoms. The average molecular weight is 477 g/mol. The molecule has 1 atom stereocenters. The minimum Gasteiger partial charge on any atom is -0.383 e. The third-order valence-corrected chi connectivity index (χ3v) is 6.72. The first-order valence-electron chi connectivity index (χ1n) is 11.9. The first-order valence-corrected chi connectivity index (χ1v) is 12.3. The molecule has 0 radical (unpaired) electrons. The highest BCUT2D eigenvalue weighted by Crippen LogP contribution is 2.31. The molecule has 1 fully saturated rings. The smallest absolute Gasteiger partial charge is 0.143 e. The monoisotopic (exact) mass is 476 g/mol. The number of nitrogens with zero attached hydrogens (tertiary/aromatic N) is 3. The molecule has 178 valence electrons. The van der Waals surface area contributed by atoms with Gasteiger partial charge >= 0.3 is 0 Å². The molecule has 2 aromatic carbocycles. The van der Waals surface area contributed by atoms with Gasteiger partial charge in [0.05, 0.1) is 11.2 Å². The normalized spacial score (nSPS) is 15.5. The van der Waals surface area contributed by atoms with E-state index in [1.807, 2.05) is 42.5 Å². The van der Waals surface area contributed by atoms with Crippen molar-refractivity contribution in [2.24, 2.45) is 10.9 Å². The second-order valence-electron chi connectivity index (χ2n) is 8.80. The van der Waals surface area contributed by atoms with Crippen LogP contribution in [0.25, 0.3) is 11.4 Å². The second kappa shape index (κ2) is 11.4. The summed E-state index contributed by atoms with van der Waals surface area (Å²) < 4.78 is 2.08. The topological polar surface area (TPSA) is 80.3 Å². The number of piperidine rings is 1. The summed E-state index contributed by atoms with van der Waals surface area (Å²) in [5.74, 6) is 2.60. The van der Waals surface area contributed by atoms with Gasteiger partial charge in [0.1, 0.15) is 23.2 Å². The van der Waals surface area contributed by atoms with Crippen LogP contribution in [0, 0.1) is 5.92 Å². The van der Waals surface area contributed by atoms with Crippen LogP contribution in [0.15, 0.2) is 72.0 Å². The molecule has 6 nitrogen and oxygen atoms in total. The van der Waals surface area contributed by atoms with Gasteiger partial charge in [0.15, 0.2) is 0 Å². The van der Waals surface area contributed by atoms with Crippen LogP contribution < -0.4 is 16.4 Å². The molecule has 1 aliphatic heterocycles. The van der Waals surface area contributed by atoms with Gasteiger partial charge in [0, 0.05) is 18.2 Å². The Hall–Kier alpha value is -3.09. The lowest BCUT2D eigenvalue weighted by atomic mass is 9.95. The molecule has 0 saturated carbocycles. The lowest BCUT2D eigenvalue weighted by Gasteiger charge is -2.23. The molecular formula is C27H33ClN6. The quantitative estimate of drug-likeness (QED) is 0.360. The van der Waals surface area contributed by atoms with Crippen LogP contribution in [-0.4, -0.2) is 28.9 Å². The summed E-state index contributed by atoms with van der Waals surface area (Å²) in [6.45, 7) is 9.08. The Morgan fingerprint density at radius 2 is 1.94 bits per heavy atom. The summed E-state index contributed by atoms with van der Waals surface area (Å²) in [5.41, 5.74) is 9.25. The van der Waals surface area contributed by atoms with Crippen molar-refractivity contribution in [1.29, 1.82) is 0 Å². The van der Waals surface area contributed by atoms with Crippen molar-refractivity contribution in [1.82, 2.24) is 20.2 Å². The van der Waals surface area contributed by atoms with Crippen LogP contribution in [0.3, 0.4) is 0 Å². The molecule has 0 aliphatic carbocycles. The molecule has 4 N–H and O–H groups in total. The summed E-state index contributed by atoms with van der Waals surface area (Å²) in [6, 6.07) is 18.0. The molecule has 0 amide bonds. The summed E-state index contributed by atoms with van der Waals surface area (Å²) in [6.07, 6.45) is 5.12. The molecule has 1 aromatic heterocycles. The zero-order chi connectivity index (χ0) is 23.9. The predicted molar refractivity (Wildman–Crippen MR) is 142 cm³/mol. The highest BCUT2D eigenvalue weighted by molar-refractivity contribution is 6.33. The molecule has 0 bridgehead atoms. The van der Waals surface area contributed by atoms with E-state index >= 15 is 0 Å². The first kappa shape index (κ1) is 24.0. The summed E-state index contributed by atoms with van der Waals surface area (Å²) in [5, 5.41) is 7.41. The number of aliphatic imine (C=N–C) groups is 1. The minimum absolute atomic E-state index is 0.0874. The number of nitrogens with one attached hydrogen (secondary N) is 2. The van der Waals surface area contributed by atoms with E-state index in [-0.39, 0.29) is 6.04 Å². The van der Waals surface area contributed by atoms with E-state index in [0.29, 0.717) is 28.3 Å². The molecule has 3 aromatic rings. The van der Waals surface area contributed by atoms with Crippen LogP contribution in [0.2, 0.25) is 5.02 Å². The molecule has 7 heteroatoms. The van der Waals surface area contributed by atoms with E-state index in [1.165, 1.54) is 18.4 Å². The average Bonchev–Trinajstić information content (AvgIpc) is 3.17. The zero-order valence-electron chi connectivity index (χ0n) is 19.7. The largest absolute Gasteiger partial charge is 0.383 e. The Balaban J connectivity index is 1.54. The van der Waals surface area contributed by atoms with Crippen molar-refractivity contribution in [2.45, 2.75) is 38.8 Å². The lowest BCUT2D eigenvalue weighted by molar-refractivity contribution is 0.339. The summed E-state index contributed by atoms with van der Waals surface area (Å²) in [7, 11) is 0. The number of hydrogen-bond acceptors (Lipinski definition) is 5. The Morgan fingerprint density at radius 1 is 1.24 bits per heavy atom. The van der Waals surface area contributed by atoms with E-state index in [0.717, 1.165) is 37.4 Å². The number of nitrogens with two attached hydrogens (primary N) is 1. The highest BCUT2D eigenvalue weighted by Gasteiger charge is 2.19. The maximum absolute atomic E-state index is 6.59. The van der Waals surface area contributed by atoms with Crippen molar-refractivity contribution >= 4 is 23.6 Å². The second-order valence-corrected chi connectivity index (χ2v) is 9.21. The van der Waals surface area contributed by atoms with Crippen molar-refractivity contribution in [3.8, 4) is 11.4 Å². The number of rotatable bonds is 9. The zero-order valence-corrected chi connectivity index (χ0v) is 20.4. The maximum Gasteiger partial charge on any atom is 0.143 e. The SMILES string of the molecule is C=C(N=Cc1nc(-c2ccccc2Cl)n(CCC2CCNCC2)c1N)NC(C)c1ccccc1. The maximum atomic E-state index is 6.59. The first-order chi connectivity index (χ1) is 16.5. The van der Waals surface area contributed by atoms with Gasteiger partial charge < -0.3 is 20.9 Å². The van der Waals surface area contributed by atoms with Gasteiger partial charge in [-0.2, -0.15) is 0 Å². The third kappa shape index (κ3) is 5.88. The number of aromatic nitrogens is 2. The van der Waals surface area contributed by atoms with Crippen LogP contribution in [0.1, 0.15) is 43.5 Å². The van der Waals surface area contributed by atoms with Crippen molar-refractivity contribution in [3.05, 3.63) is 83.3 Å². The Bertz CT molecular complexity index is 1130. The van der Waals surface area contributed by atoms with E-state index in [2.05, 4.69) is 45.8 Å². The van der Waals surface area contributed by atoms with Crippen LogP contribution >= 0.6 is 11.6 Å². The fourth-order valence-electron chi connectivity index (χ4n) is 4.39. The van der Waals surface area contributed by atoms with Crippen LogP contribution in [-0.2, 0) is 6.54 Å². The molecular weight excluding hydrogens is 444 g/mol. The fraction of sp³-hybridized carbons (Fsp3) is 0.333. The summed E-state index contributed by atoms with van der Waals surface area (Å²) >= 11 is 6.52. The number of nitrogen functional groups attached to an aromatic ring is 1. The number of imidazole rings is 1. The van der Waals surface area contributed by atoms with Gasteiger partial charge in [0.25, 0.3) is 0 Å². The molecule has 1 saturated heterocycles. The summed E-state index contributed by atoms with van der Waals surface area (Å²) in [4.78, 5) is 9.35. The Kier molecular flexibility index (Phi) is 8.03. The van der Waals surface area contributed by atoms with Gasteiger partial charge in [-0.1, -0.05) is 60.6 Å². The minimum atomic E-state index is 0.0874. The van der Waals surface area contributed by atoms with E-state index in [1.54, 1.807) is 6.21 Å². The molecule has 1 unspecified atom stereocenters. The van der Waals surface area contributed by atoms with E-state index in [9.17, 15) is 0 Å². The standard InChI is InChI=1S/C27H33ClN6/c1-19(22-8-4-3-5-9-22)32-20(2)31-18-25-26(29)34(17-14-21-12-15-30-16-13-21)27(33-25)23-10-6-7-11-24(23)28/h3-11,18-19,21,30,32H,2,12-17,29H2,1H3. The Morgan fingerprint density at radius 3 is 2.68 bits per heavy atom. The molecule has 34 heavy (non-hydrogen) atoms. The Labute approximate surface area is 207 Å². The number of halogens is 1. The number of anilines is 1. The third-order valence-electron chi connectivity index (χ3n) is 6.40. The van der Waals surface area contributed by atoms with Crippen molar-refractivity contribution < 1.29 is 0 Å². The van der Waals surface area contributed by atoms with Gasteiger partial charge in [-0.3, -0.25) is 0 Å². The van der Waals surface area contributed by atoms with Crippen LogP contribution in [0.5, 0.6) is 0 Å². The van der Waals surface area contributed by atoms with Gasteiger partial charge in [-0.15, -0.1) is 0 Å². The van der Waals surface area contributed by atoms with E-state index in [4.69, 9.17) is 22.3 Å². The highest BCUT2D eigenvalue weighted by atomic mass is 35.5. The molecule has 1 aliphatic rings. The van der Waals surface area contributed by atoms with Gasteiger partial charge in [0.2, 0.25) is 0 Å². The number of hydrogen-bond donors (Lipinski definition) is 3. The number of benzene rings is 2. The van der Waals surface area contributed by atoms with Gasteiger partial charge in [-0.25, -0.2) is 9.98 Å². The predicted octanol–water partition coefficient (Wildman–Crippen LogP) is 5.42. The van der Waals surface area contributed by atoms with Gasteiger partial charge in [-0.05, 0) is 62.9 Å². The molecule has 2 heterocycles. The van der Waals surface area contributed by atoms with E-state index < -0.39 is 0 Å². The fourth-order valence-corrected chi connectivity index (χ4v) is 4.61.